The molecule has 0 radical (unpaired) electrons. The maximum Gasteiger partial charge on any atom is 0.434 e. The van der Waals surface area contributed by atoms with Crippen LogP contribution in [0.25, 0.3) is 0 Å². The van der Waals surface area contributed by atoms with E-state index in [1.165, 1.54) is 13.8 Å². The minimum Gasteiger partial charge on any atom is -0.462 e. The molecule has 0 saturated carbocycles. The first-order valence-electron chi connectivity index (χ1n) is 7.29. The van der Waals surface area contributed by atoms with Crippen molar-refractivity contribution in [2.75, 3.05) is 13.2 Å². The van der Waals surface area contributed by atoms with E-state index in [0.717, 1.165) is 0 Å². The zero-order valence-corrected chi connectivity index (χ0v) is 13.7. The van der Waals surface area contributed by atoms with Gasteiger partial charge in [0.2, 0.25) is 0 Å². The molecule has 0 aliphatic rings. The summed E-state index contributed by atoms with van der Waals surface area (Å²) in [5.74, 6) is -2.97. The van der Waals surface area contributed by atoms with Gasteiger partial charge < -0.3 is 14.3 Å². The molecule has 1 aromatic rings. The lowest BCUT2D eigenvalue weighted by molar-refractivity contribution is -0.142. The Balaban J connectivity index is 3.99. The number of pyridine rings is 1. The number of aldehydes is 1. The number of nitrogens with zero attached hydrogens (tertiary/aromatic N) is 1. The highest BCUT2D eigenvalue weighted by molar-refractivity contribution is 6.00. The molecule has 1 rings (SSSR count). The molecule has 1 heterocycles. The maximum atomic E-state index is 13.3. The van der Waals surface area contributed by atoms with Gasteiger partial charge in [-0.25, -0.2) is 23.4 Å². The third-order valence-corrected chi connectivity index (χ3v) is 3.05. The summed E-state index contributed by atoms with van der Waals surface area (Å²) in [6.07, 6.45) is -9.75. The maximum absolute atomic E-state index is 13.3. The summed E-state index contributed by atoms with van der Waals surface area (Å²) in [5, 5.41) is 0. The minimum absolute atomic E-state index is 0.0657. The van der Waals surface area contributed by atoms with E-state index in [4.69, 9.17) is 0 Å². The van der Waals surface area contributed by atoms with E-state index in [1.807, 2.05) is 0 Å². The number of halogens is 5. The molecule has 0 amide bonds. The number of alkyl halides is 5. The van der Waals surface area contributed by atoms with Gasteiger partial charge in [0.1, 0.15) is 12.0 Å². The second-order valence-electron chi connectivity index (χ2n) is 4.68. The van der Waals surface area contributed by atoms with Crippen molar-refractivity contribution in [3.63, 3.8) is 0 Å². The number of aromatic nitrogens is 1. The van der Waals surface area contributed by atoms with Crippen LogP contribution in [-0.4, -0.2) is 36.4 Å². The molecular formula is C15H14F5NO5. The monoisotopic (exact) mass is 383 g/mol. The summed E-state index contributed by atoms with van der Waals surface area (Å²) in [6.45, 7) is 2.03. The number of carbonyl (C=O) groups is 3. The lowest BCUT2D eigenvalue weighted by atomic mass is 9.95. The molecule has 0 N–H and O–H groups in total. The Bertz CT molecular complexity index is 703. The highest BCUT2D eigenvalue weighted by Crippen LogP contribution is 2.37. The second kappa shape index (κ2) is 8.68. The first kappa shape index (κ1) is 21.5. The lowest BCUT2D eigenvalue weighted by Crippen LogP contribution is -2.25. The summed E-state index contributed by atoms with van der Waals surface area (Å²) in [4.78, 5) is 37.7. The van der Waals surface area contributed by atoms with Crippen LogP contribution in [0.15, 0.2) is 0 Å². The first-order valence-corrected chi connectivity index (χ1v) is 7.29. The molecule has 0 spiro atoms. The van der Waals surface area contributed by atoms with E-state index >= 15 is 0 Å². The summed E-state index contributed by atoms with van der Waals surface area (Å²) >= 11 is 0. The number of hydrogen-bond donors (Lipinski definition) is 0. The molecule has 6 nitrogen and oxygen atoms in total. The van der Waals surface area contributed by atoms with E-state index in [1.54, 1.807) is 0 Å². The summed E-state index contributed by atoms with van der Waals surface area (Å²) in [5.41, 5.74) is -6.67. The van der Waals surface area contributed by atoms with Crippen LogP contribution in [0.1, 0.15) is 57.9 Å². The molecule has 0 bridgehead atoms. The van der Waals surface area contributed by atoms with E-state index in [0.29, 0.717) is 0 Å². The van der Waals surface area contributed by atoms with Crippen molar-refractivity contribution in [3.8, 4) is 0 Å². The van der Waals surface area contributed by atoms with Gasteiger partial charge in [-0.15, -0.1) is 0 Å². The highest BCUT2D eigenvalue weighted by Gasteiger charge is 2.43. The minimum atomic E-state index is -5.31. The highest BCUT2D eigenvalue weighted by atomic mass is 19.4. The SMILES string of the molecule is CCOC(=O)c1c(C(F)F)nc(C(F)(F)F)c(C(=O)OCC)c1CC=O. The van der Waals surface area contributed by atoms with Crippen molar-refractivity contribution in [2.24, 2.45) is 0 Å². The summed E-state index contributed by atoms with van der Waals surface area (Å²) < 4.78 is 75.4. The molecule has 144 valence electrons. The molecule has 0 saturated heterocycles. The van der Waals surface area contributed by atoms with Gasteiger partial charge in [0.15, 0.2) is 5.69 Å². The summed E-state index contributed by atoms with van der Waals surface area (Å²) in [7, 11) is 0. The van der Waals surface area contributed by atoms with Crippen molar-refractivity contribution in [2.45, 2.75) is 32.9 Å². The largest absolute Gasteiger partial charge is 0.462 e. The number of ether oxygens (including phenoxy) is 2. The Morgan fingerprint density at radius 1 is 1.08 bits per heavy atom. The summed E-state index contributed by atoms with van der Waals surface area (Å²) in [6, 6.07) is 0. The molecule has 26 heavy (non-hydrogen) atoms. The topological polar surface area (TPSA) is 82.6 Å². The zero-order valence-electron chi connectivity index (χ0n) is 13.7. The van der Waals surface area contributed by atoms with E-state index < -0.39 is 59.0 Å². The van der Waals surface area contributed by atoms with Crippen molar-refractivity contribution in [1.82, 2.24) is 4.98 Å². The van der Waals surface area contributed by atoms with Crippen LogP contribution in [-0.2, 0) is 26.9 Å². The van der Waals surface area contributed by atoms with Gasteiger partial charge in [-0.3, -0.25) is 0 Å². The van der Waals surface area contributed by atoms with Gasteiger partial charge in [0, 0.05) is 6.42 Å². The van der Waals surface area contributed by atoms with Crippen LogP contribution in [0.5, 0.6) is 0 Å². The van der Waals surface area contributed by atoms with Gasteiger partial charge in [0.05, 0.1) is 24.3 Å². The molecular weight excluding hydrogens is 369 g/mol. The zero-order chi connectivity index (χ0) is 20.1. The molecule has 0 unspecified atom stereocenters. The van der Waals surface area contributed by atoms with Crippen LogP contribution in [0.2, 0.25) is 0 Å². The van der Waals surface area contributed by atoms with E-state index in [2.05, 4.69) is 14.5 Å². The second-order valence-corrected chi connectivity index (χ2v) is 4.68. The first-order chi connectivity index (χ1) is 12.1. The van der Waals surface area contributed by atoms with Crippen LogP contribution in [0.3, 0.4) is 0 Å². The average molecular weight is 383 g/mol. The molecule has 0 fully saturated rings. The van der Waals surface area contributed by atoms with Gasteiger partial charge in [-0.05, 0) is 19.4 Å². The third-order valence-electron chi connectivity index (χ3n) is 3.05. The Morgan fingerprint density at radius 2 is 1.58 bits per heavy atom. The van der Waals surface area contributed by atoms with Crippen LogP contribution in [0, 0.1) is 0 Å². The van der Waals surface area contributed by atoms with Gasteiger partial charge >= 0.3 is 18.1 Å². The quantitative estimate of drug-likeness (QED) is 0.409. The molecule has 0 atom stereocenters. The van der Waals surface area contributed by atoms with Crippen LogP contribution in [0.4, 0.5) is 22.0 Å². The number of rotatable bonds is 7. The number of hydrogen-bond acceptors (Lipinski definition) is 6. The lowest BCUT2D eigenvalue weighted by Gasteiger charge is -2.19. The fraction of sp³-hybridized carbons (Fsp3) is 0.467. The van der Waals surface area contributed by atoms with Crippen molar-refractivity contribution >= 4 is 18.2 Å². The smallest absolute Gasteiger partial charge is 0.434 e. The Kier molecular flexibility index (Phi) is 7.16. The molecule has 11 heteroatoms. The Labute approximate surface area is 144 Å². The van der Waals surface area contributed by atoms with Gasteiger partial charge in [0.25, 0.3) is 6.43 Å². The van der Waals surface area contributed by atoms with Crippen molar-refractivity contribution in [1.29, 1.82) is 0 Å². The normalized spacial score (nSPS) is 11.4. The van der Waals surface area contributed by atoms with Crippen LogP contribution < -0.4 is 0 Å². The average Bonchev–Trinajstić information content (AvgIpc) is 2.53. The fourth-order valence-electron chi connectivity index (χ4n) is 2.16. The fourth-order valence-corrected chi connectivity index (χ4v) is 2.16. The van der Waals surface area contributed by atoms with E-state index in [9.17, 15) is 36.3 Å². The van der Waals surface area contributed by atoms with Crippen LogP contribution >= 0.6 is 0 Å². The predicted octanol–water partition coefficient (Wildman–Crippen LogP) is 3.13. The predicted molar refractivity (Wildman–Crippen MR) is 75.9 cm³/mol. The van der Waals surface area contributed by atoms with Crippen molar-refractivity contribution < 1.29 is 45.8 Å². The van der Waals surface area contributed by atoms with Gasteiger partial charge in [-0.1, -0.05) is 0 Å². The molecule has 1 aromatic heterocycles. The molecule has 0 aliphatic heterocycles. The van der Waals surface area contributed by atoms with E-state index in [-0.39, 0.29) is 19.5 Å². The standard InChI is InChI=1S/C15H14F5NO5/c1-3-25-13(23)8-7(5-6-22)9(14(24)26-4-2)11(15(18,19)20)21-10(8)12(16)17/h6,12H,3-5H2,1-2H3. The Hall–Kier alpha value is -2.59. The molecule has 0 aromatic carbocycles. The Morgan fingerprint density at radius 3 is 1.96 bits per heavy atom. The number of esters is 2. The van der Waals surface area contributed by atoms with Gasteiger partial charge in [-0.2, -0.15) is 13.2 Å². The molecule has 0 aliphatic carbocycles. The number of carbonyl (C=O) groups excluding carboxylic acids is 3. The van der Waals surface area contributed by atoms with Crippen molar-refractivity contribution in [3.05, 3.63) is 28.1 Å². The third kappa shape index (κ3) is 4.52.